The molecule has 0 amide bonds. The first-order valence-corrected chi connectivity index (χ1v) is 12.5. The molecule has 3 rings (SSSR count). The molecule has 2 aliphatic rings. The van der Waals surface area contributed by atoms with Crippen LogP contribution in [0.15, 0.2) is 18.2 Å². The van der Waals surface area contributed by atoms with E-state index in [4.69, 9.17) is 4.74 Å². The highest BCUT2D eigenvalue weighted by Gasteiger charge is 2.25. The predicted molar refractivity (Wildman–Crippen MR) is 114 cm³/mol. The molecule has 2 saturated heterocycles. The first-order chi connectivity index (χ1) is 14.2. The van der Waals surface area contributed by atoms with E-state index in [1.54, 1.807) is 6.07 Å². The first kappa shape index (κ1) is 23.1. The Kier molecular flexibility index (Phi) is 7.84. The lowest BCUT2D eigenvalue weighted by atomic mass is 10.1. The van der Waals surface area contributed by atoms with Gasteiger partial charge < -0.3 is 9.64 Å². The Bertz CT molecular complexity index is 841. The topological polar surface area (TPSA) is 70.2 Å². The number of halogens is 1. The largest absolute Gasteiger partial charge is 0.490 e. The number of nitrogens with zero attached hydrogens (tertiary/aromatic N) is 3. The van der Waals surface area contributed by atoms with Crippen molar-refractivity contribution in [3.8, 4) is 5.75 Å². The molecule has 0 aliphatic carbocycles. The highest BCUT2D eigenvalue weighted by molar-refractivity contribution is 7.88. The van der Waals surface area contributed by atoms with Crippen LogP contribution in [0.4, 0.5) is 4.39 Å². The Morgan fingerprint density at radius 3 is 2.53 bits per heavy atom. The van der Waals surface area contributed by atoms with Crippen LogP contribution in [0.1, 0.15) is 36.5 Å². The summed E-state index contributed by atoms with van der Waals surface area (Å²) in [7, 11) is -3.20. The van der Waals surface area contributed by atoms with Gasteiger partial charge >= 0.3 is 0 Å². The van der Waals surface area contributed by atoms with E-state index in [9.17, 15) is 17.6 Å². The molecular formula is C21H32FN3O4S. The maximum absolute atomic E-state index is 14.4. The van der Waals surface area contributed by atoms with Crippen molar-refractivity contribution < 1.29 is 22.3 Å². The summed E-state index contributed by atoms with van der Waals surface area (Å²) in [4.78, 5) is 16.8. The van der Waals surface area contributed by atoms with E-state index in [2.05, 4.69) is 11.8 Å². The van der Waals surface area contributed by atoms with E-state index in [0.29, 0.717) is 44.4 Å². The molecule has 1 atom stereocenters. The van der Waals surface area contributed by atoms with Gasteiger partial charge in [0.25, 0.3) is 0 Å². The number of likely N-dealkylation sites (tertiary alicyclic amines) is 1. The normalized spacial score (nSPS) is 21.8. The maximum atomic E-state index is 14.4. The Morgan fingerprint density at radius 1 is 1.20 bits per heavy atom. The Labute approximate surface area is 178 Å². The Balaban J connectivity index is 1.44. The van der Waals surface area contributed by atoms with Gasteiger partial charge in [-0.05, 0) is 50.9 Å². The summed E-state index contributed by atoms with van der Waals surface area (Å²) >= 11 is 0. The summed E-state index contributed by atoms with van der Waals surface area (Å²) in [5.41, 5.74) is 0.302. The fraction of sp³-hybridized carbons (Fsp3) is 0.667. The number of hydrogen-bond acceptors (Lipinski definition) is 6. The average molecular weight is 442 g/mol. The number of rotatable bonds is 9. The zero-order chi connectivity index (χ0) is 21.7. The molecule has 9 heteroatoms. The van der Waals surface area contributed by atoms with Gasteiger partial charge in [-0.1, -0.05) is 0 Å². The quantitative estimate of drug-likeness (QED) is 0.430. The Morgan fingerprint density at radius 2 is 1.93 bits per heavy atom. The minimum atomic E-state index is -3.20. The summed E-state index contributed by atoms with van der Waals surface area (Å²) in [5, 5.41) is 0. The van der Waals surface area contributed by atoms with Crippen LogP contribution in [0.3, 0.4) is 0 Å². The van der Waals surface area contributed by atoms with Crippen molar-refractivity contribution in [2.75, 3.05) is 58.7 Å². The van der Waals surface area contributed by atoms with E-state index >= 15 is 0 Å². The number of ketones is 1. The molecule has 0 bridgehead atoms. The van der Waals surface area contributed by atoms with Crippen LogP contribution in [-0.4, -0.2) is 93.0 Å². The molecule has 0 N–H and O–H groups in total. The second kappa shape index (κ2) is 10.2. The second-order valence-corrected chi connectivity index (χ2v) is 10.2. The number of Topliss-reactive ketones (excluding diaryl/α,β-unsaturated/α-hetero) is 1. The average Bonchev–Trinajstić information content (AvgIpc) is 3.10. The lowest BCUT2D eigenvalue weighted by Gasteiger charge is -2.32. The predicted octanol–water partition coefficient (Wildman–Crippen LogP) is 1.84. The molecule has 0 aromatic heterocycles. The first-order valence-electron chi connectivity index (χ1n) is 10.6. The van der Waals surface area contributed by atoms with Gasteiger partial charge in [0.1, 0.15) is 0 Å². The smallest absolute Gasteiger partial charge is 0.211 e. The van der Waals surface area contributed by atoms with E-state index in [1.165, 1.54) is 35.5 Å². The van der Waals surface area contributed by atoms with Crippen molar-refractivity contribution in [1.29, 1.82) is 0 Å². The molecule has 168 valence electrons. The zero-order valence-corrected chi connectivity index (χ0v) is 18.7. The summed E-state index contributed by atoms with van der Waals surface area (Å²) in [6.45, 7) is 6.59. The fourth-order valence-corrected chi connectivity index (χ4v) is 4.91. The minimum absolute atomic E-state index is 0.144. The highest BCUT2D eigenvalue weighted by Crippen LogP contribution is 2.20. The van der Waals surface area contributed by atoms with Crippen molar-refractivity contribution in [3.63, 3.8) is 0 Å². The van der Waals surface area contributed by atoms with Crippen LogP contribution in [0.25, 0.3) is 0 Å². The molecule has 2 heterocycles. The van der Waals surface area contributed by atoms with Crippen molar-refractivity contribution in [3.05, 3.63) is 29.6 Å². The SMILES string of the molecule is CC1CCCN1CCCOc1ccc(C(=O)CN2CCN(S(C)(=O)=O)CC2)cc1F. The minimum Gasteiger partial charge on any atom is -0.490 e. The summed E-state index contributed by atoms with van der Waals surface area (Å²) < 4.78 is 44.5. The van der Waals surface area contributed by atoms with Gasteiger partial charge in [-0.2, -0.15) is 4.31 Å². The molecule has 2 fully saturated rings. The zero-order valence-electron chi connectivity index (χ0n) is 17.8. The molecule has 1 aromatic carbocycles. The van der Waals surface area contributed by atoms with Crippen LogP contribution in [0.5, 0.6) is 5.75 Å². The number of benzene rings is 1. The van der Waals surface area contributed by atoms with Crippen LogP contribution in [0, 0.1) is 5.82 Å². The van der Waals surface area contributed by atoms with Crippen LogP contribution < -0.4 is 4.74 Å². The molecule has 0 spiro atoms. The third kappa shape index (κ3) is 6.23. The van der Waals surface area contributed by atoms with E-state index < -0.39 is 15.8 Å². The van der Waals surface area contributed by atoms with Crippen LogP contribution >= 0.6 is 0 Å². The lowest BCUT2D eigenvalue weighted by molar-refractivity contribution is 0.0901. The number of hydrogen-bond donors (Lipinski definition) is 0. The molecule has 0 radical (unpaired) electrons. The third-order valence-corrected chi connectivity index (χ3v) is 7.26. The fourth-order valence-electron chi connectivity index (χ4n) is 4.08. The lowest BCUT2D eigenvalue weighted by Crippen LogP contribution is -2.49. The van der Waals surface area contributed by atoms with Crippen molar-refractivity contribution in [2.45, 2.75) is 32.2 Å². The van der Waals surface area contributed by atoms with Crippen LogP contribution in [-0.2, 0) is 10.0 Å². The molecule has 7 nitrogen and oxygen atoms in total. The number of piperazine rings is 1. The molecule has 0 saturated carbocycles. The van der Waals surface area contributed by atoms with Gasteiger partial charge in [0.15, 0.2) is 17.3 Å². The second-order valence-electron chi connectivity index (χ2n) is 8.24. The van der Waals surface area contributed by atoms with Gasteiger partial charge in [-0.3, -0.25) is 9.69 Å². The van der Waals surface area contributed by atoms with E-state index in [-0.39, 0.29) is 18.1 Å². The van der Waals surface area contributed by atoms with E-state index in [1.807, 2.05) is 4.90 Å². The highest BCUT2D eigenvalue weighted by atomic mass is 32.2. The van der Waals surface area contributed by atoms with Crippen molar-refractivity contribution in [1.82, 2.24) is 14.1 Å². The summed E-state index contributed by atoms with van der Waals surface area (Å²) in [6.07, 6.45) is 4.50. The van der Waals surface area contributed by atoms with Gasteiger partial charge in [-0.15, -0.1) is 0 Å². The number of sulfonamides is 1. The summed E-state index contributed by atoms with van der Waals surface area (Å²) in [5.74, 6) is -0.545. The van der Waals surface area contributed by atoms with Crippen molar-refractivity contribution in [2.24, 2.45) is 0 Å². The van der Waals surface area contributed by atoms with Gasteiger partial charge in [-0.25, -0.2) is 12.8 Å². The maximum Gasteiger partial charge on any atom is 0.211 e. The third-order valence-electron chi connectivity index (χ3n) is 5.96. The molecular weight excluding hydrogens is 409 g/mol. The van der Waals surface area contributed by atoms with E-state index in [0.717, 1.165) is 19.5 Å². The molecule has 2 aliphatic heterocycles. The van der Waals surface area contributed by atoms with Gasteiger partial charge in [0.05, 0.1) is 19.4 Å². The van der Waals surface area contributed by atoms with Crippen molar-refractivity contribution >= 4 is 15.8 Å². The van der Waals surface area contributed by atoms with Crippen LogP contribution in [0.2, 0.25) is 0 Å². The summed E-state index contributed by atoms with van der Waals surface area (Å²) in [6, 6.07) is 4.95. The number of carbonyl (C=O) groups excluding carboxylic acids is 1. The number of carbonyl (C=O) groups is 1. The Hall–Kier alpha value is -1.55. The van der Waals surface area contributed by atoms with Gasteiger partial charge in [0, 0.05) is 44.3 Å². The standard InChI is InChI=1S/C21H32FN3O4S/c1-17-5-3-8-24(17)9-4-14-29-21-7-6-18(15-19(21)22)20(26)16-23-10-12-25(13-11-23)30(2,27)28/h6-7,15,17H,3-5,8-14,16H2,1-2H3. The molecule has 30 heavy (non-hydrogen) atoms. The number of ether oxygens (including phenoxy) is 1. The molecule has 1 aromatic rings. The molecule has 1 unspecified atom stereocenters. The van der Waals surface area contributed by atoms with Gasteiger partial charge in [0.2, 0.25) is 10.0 Å². The monoisotopic (exact) mass is 441 g/mol.